The summed E-state index contributed by atoms with van der Waals surface area (Å²) in [6.45, 7) is 0.402. The lowest BCUT2D eigenvalue weighted by molar-refractivity contribution is -0.136. The quantitative estimate of drug-likeness (QED) is 0.431. The molecule has 0 aromatic heterocycles. The Morgan fingerprint density at radius 3 is 2.70 bits per heavy atom. The van der Waals surface area contributed by atoms with Gasteiger partial charge in [-0.25, -0.2) is 5.48 Å². The molecule has 1 fully saturated rings. The van der Waals surface area contributed by atoms with Crippen LogP contribution in [0.2, 0.25) is 0 Å². The zero-order chi connectivity index (χ0) is 7.61. The van der Waals surface area contributed by atoms with Crippen molar-refractivity contribution in [2.45, 2.75) is 12.8 Å². The fraction of sp³-hybridized carbons (Fsp3) is 0.833. The standard InChI is InChI=1S/C6H11NO3/c1-10-4-6(2-3-6)5(8)7-9/h9H,2-4H2,1H3,(H,7,8). The van der Waals surface area contributed by atoms with Crippen LogP contribution in [0.3, 0.4) is 0 Å². The lowest BCUT2D eigenvalue weighted by Crippen LogP contribution is -2.32. The number of rotatable bonds is 3. The number of hydroxylamine groups is 1. The molecule has 0 unspecified atom stereocenters. The van der Waals surface area contributed by atoms with Gasteiger partial charge >= 0.3 is 0 Å². The van der Waals surface area contributed by atoms with Crippen LogP contribution in [-0.4, -0.2) is 24.8 Å². The van der Waals surface area contributed by atoms with Gasteiger partial charge in [0.2, 0.25) is 0 Å². The second-order valence-electron chi connectivity index (χ2n) is 2.65. The summed E-state index contributed by atoms with van der Waals surface area (Å²) in [6, 6.07) is 0. The van der Waals surface area contributed by atoms with Crippen LogP contribution in [0.15, 0.2) is 0 Å². The third-order valence-corrected chi connectivity index (χ3v) is 1.86. The van der Waals surface area contributed by atoms with E-state index >= 15 is 0 Å². The van der Waals surface area contributed by atoms with Crippen molar-refractivity contribution >= 4 is 5.91 Å². The van der Waals surface area contributed by atoms with E-state index in [2.05, 4.69) is 0 Å². The van der Waals surface area contributed by atoms with Gasteiger partial charge in [0.15, 0.2) is 0 Å². The van der Waals surface area contributed by atoms with Crippen molar-refractivity contribution in [2.24, 2.45) is 5.41 Å². The lowest BCUT2D eigenvalue weighted by Gasteiger charge is -2.09. The van der Waals surface area contributed by atoms with Crippen LogP contribution >= 0.6 is 0 Å². The molecule has 0 spiro atoms. The predicted molar refractivity (Wildman–Crippen MR) is 33.5 cm³/mol. The zero-order valence-electron chi connectivity index (χ0n) is 5.89. The van der Waals surface area contributed by atoms with E-state index in [4.69, 9.17) is 9.94 Å². The lowest BCUT2D eigenvalue weighted by atomic mass is 10.1. The summed E-state index contributed by atoms with van der Waals surface area (Å²) in [7, 11) is 1.55. The highest BCUT2D eigenvalue weighted by molar-refractivity contribution is 5.84. The molecule has 0 heterocycles. The van der Waals surface area contributed by atoms with Crippen molar-refractivity contribution in [1.82, 2.24) is 5.48 Å². The van der Waals surface area contributed by atoms with Gasteiger partial charge in [0.25, 0.3) is 5.91 Å². The summed E-state index contributed by atoms with van der Waals surface area (Å²) in [5, 5.41) is 8.28. The van der Waals surface area contributed by atoms with E-state index < -0.39 is 5.41 Å². The fourth-order valence-corrected chi connectivity index (χ4v) is 0.983. The summed E-state index contributed by atoms with van der Waals surface area (Å²) in [4.78, 5) is 10.8. The maximum Gasteiger partial charge on any atom is 0.251 e. The summed E-state index contributed by atoms with van der Waals surface area (Å²) < 4.78 is 4.82. The van der Waals surface area contributed by atoms with Crippen LogP contribution in [0.5, 0.6) is 0 Å². The molecule has 0 saturated heterocycles. The van der Waals surface area contributed by atoms with Gasteiger partial charge in [-0.3, -0.25) is 10.0 Å². The maximum atomic E-state index is 10.8. The Morgan fingerprint density at radius 2 is 2.40 bits per heavy atom. The van der Waals surface area contributed by atoms with Crippen molar-refractivity contribution in [2.75, 3.05) is 13.7 Å². The van der Waals surface area contributed by atoms with Gasteiger partial charge in [-0.1, -0.05) is 0 Å². The molecule has 1 aliphatic rings. The molecule has 1 amide bonds. The van der Waals surface area contributed by atoms with Crippen LogP contribution in [0.1, 0.15) is 12.8 Å². The Labute approximate surface area is 59.1 Å². The number of hydrogen-bond donors (Lipinski definition) is 2. The van der Waals surface area contributed by atoms with Crippen molar-refractivity contribution in [3.8, 4) is 0 Å². The van der Waals surface area contributed by atoms with Gasteiger partial charge in [0.05, 0.1) is 12.0 Å². The molecule has 1 rings (SSSR count). The highest BCUT2D eigenvalue weighted by atomic mass is 16.5. The SMILES string of the molecule is COCC1(C(=O)NO)CC1. The largest absolute Gasteiger partial charge is 0.384 e. The molecule has 10 heavy (non-hydrogen) atoms. The van der Waals surface area contributed by atoms with E-state index in [9.17, 15) is 4.79 Å². The number of nitrogens with one attached hydrogen (secondary N) is 1. The number of methoxy groups -OCH3 is 1. The molecule has 0 aliphatic heterocycles. The molecule has 0 bridgehead atoms. The molecule has 2 N–H and O–H groups in total. The fourth-order valence-electron chi connectivity index (χ4n) is 0.983. The minimum absolute atomic E-state index is 0.325. The molecule has 0 radical (unpaired) electrons. The van der Waals surface area contributed by atoms with E-state index in [1.165, 1.54) is 0 Å². The van der Waals surface area contributed by atoms with E-state index in [0.717, 1.165) is 12.8 Å². The monoisotopic (exact) mass is 145 g/mol. The average Bonchev–Trinajstić information content (AvgIpc) is 2.69. The van der Waals surface area contributed by atoms with Crippen molar-refractivity contribution in [1.29, 1.82) is 0 Å². The number of carbonyl (C=O) groups is 1. The molecule has 1 aliphatic carbocycles. The van der Waals surface area contributed by atoms with E-state index in [-0.39, 0.29) is 5.91 Å². The predicted octanol–water partition coefficient (Wildman–Crippen LogP) is -0.0816. The topological polar surface area (TPSA) is 58.6 Å². The Bertz CT molecular complexity index is 142. The van der Waals surface area contributed by atoms with E-state index in [1.54, 1.807) is 12.6 Å². The molecular formula is C6H11NO3. The molecule has 4 nitrogen and oxygen atoms in total. The Balaban J connectivity index is 2.43. The Kier molecular flexibility index (Phi) is 1.92. The number of hydrogen-bond acceptors (Lipinski definition) is 3. The second kappa shape index (κ2) is 2.56. The number of ether oxygens (including phenoxy) is 1. The molecule has 4 heteroatoms. The van der Waals surface area contributed by atoms with Crippen LogP contribution in [0.25, 0.3) is 0 Å². The Hall–Kier alpha value is -0.610. The summed E-state index contributed by atoms with van der Waals surface area (Å²) in [6.07, 6.45) is 1.63. The van der Waals surface area contributed by atoms with Crippen LogP contribution in [-0.2, 0) is 9.53 Å². The first-order valence-corrected chi connectivity index (χ1v) is 3.19. The zero-order valence-corrected chi connectivity index (χ0v) is 5.89. The first-order valence-electron chi connectivity index (χ1n) is 3.19. The van der Waals surface area contributed by atoms with Gasteiger partial charge in [0, 0.05) is 7.11 Å². The van der Waals surface area contributed by atoms with E-state index in [1.807, 2.05) is 0 Å². The highest BCUT2D eigenvalue weighted by Crippen LogP contribution is 2.45. The third kappa shape index (κ3) is 1.12. The average molecular weight is 145 g/mol. The molecular weight excluding hydrogens is 134 g/mol. The molecule has 0 atom stereocenters. The number of amides is 1. The summed E-state index contributed by atoms with van der Waals surface area (Å²) in [5.74, 6) is -0.325. The van der Waals surface area contributed by atoms with Crippen LogP contribution in [0.4, 0.5) is 0 Å². The third-order valence-electron chi connectivity index (χ3n) is 1.86. The van der Waals surface area contributed by atoms with Gasteiger partial charge in [-0.2, -0.15) is 0 Å². The smallest absolute Gasteiger partial charge is 0.251 e. The second-order valence-corrected chi connectivity index (χ2v) is 2.65. The molecule has 0 aromatic rings. The summed E-state index contributed by atoms with van der Waals surface area (Å²) >= 11 is 0. The van der Waals surface area contributed by atoms with Crippen molar-refractivity contribution < 1.29 is 14.7 Å². The van der Waals surface area contributed by atoms with Gasteiger partial charge < -0.3 is 4.74 Å². The minimum atomic E-state index is -0.413. The van der Waals surface area contributed by atoms with Gasteiger partial charge in [-0.05, 0) is 12.8 Å². The molecule has 1 saturated carbocycles. The van der Waals surface area contributed by atoms with Crippen molar-refractivity contribution in [3.63, 3.8) is 0 Å². The van der Waals surface area contributed by atoms with Gasteiger partial charge in [0.1, 0.15) is 0 Å². The van der Waals surface area contributed by atoms with Crippen LogP contribution in [0, 0.1) is 5.41 Å². The maximum absolute atomic E-state index is 10.8. The van der Waals surface area contributed by atoms with Gasteiger partial charge in [-0.15, -0.1) is 0 Å². The Morgan fingerprint density at radius 1 is 1.80 bits per heavy atom. The highest BCUT2D eigenvalue weighted by Gasteiger charge is 2.49. The van der Waals surface area contributed by atoms with E-state index in [0.29, 0.717) is 6.61 Å². The van der Waals surface area contributed by atoms with Crippen molar-refractivity contribution in [3.05, 3.63) is 0 Å². The molecule has 0 aromatic carbocycles. The number of carbonyl (C=O) groups excluding carboxylic acids is 1. The van der Waals surface area contributed by atoms with Crippen LogP contribution < -0.4 is 5.48 Å². The first kappa shape index (κ1) is 7.50. The molecule has 58 valence electrons. The normalized spacial score (nSPS) is 20.2. The minimum Gasteiger partial charge on any atom is -0.384 e. The first-order chi connectivity index (χ1) is 4.75. The summed E-state index contributed by atoms with van der Waals surface area (Å²) in [5.41, 5.74) is 1.22.